The van der Waals surface area contributed by atoms with Gasteiger partial charge in [-0.3, -0.25) is 0 Å². The fourth-order valence-electron chi connectivity index (χ4n) is 1.97. The summed E-state index contributed by atoms with van der Waals surface area (Å²) in [4.78, 5) is 11.6. The van der Waals surface area contributed by atoms with Gasteiger partial charge < -0.3 is 10.1 Å². The fraction of sp³-hybridized carbons (Fsp3) is 0.188. The van der Waals surface area contributed by atoms with E-state index >= 15 is 0 Å². The van der Waals surface area contributed by atoms with E-state index in [9.17, 15) is 9.18 Å². The molecule has 3 nitrogen and oxygen atoms in total. The highest BCUT2D eigenvalue weighted by Gasteiger charge is 2.10. The van der Waals surface area contributed by atoms with Crippen LogP contribution in [0.3, 0.4) is 0 Å². The van der Waals surface area contributed by atoms with Crippen molar-refractivity contribution in [1.82, 2.24) is 5.32 Å². The number of halogens is 2. The minimum Gasteiger partial charge on any atom is -0.465 e. The van der Waals surface area contributed by atoms with Crippen molar-refractivity contribution in [2.45, 2.75) is 13.1 Å². The number of hydrogen-bond acceptors (Lipinski definition) is 3. The molecule has 0 unspecified atom stereocenters. The van der Waals surface area contributed by atoms with Crippen molar-refractivity contribution in [2.24, 2.45) is 0 Å². The third kappa shape index (κ3) is 4.03. The lowest BCUT2D eigenvalue weighted by molar-refractivity contribution is 0.0599. The van der Waals surface area contributed by atoms with Gasteiger partial charge in [-0.2, -0.15) is 0 Å². The molecule has 0 saturated carbocycles. The van der Waals surface area contributed by atoms with E-state index in [0.29, 0.717) is 18.7 Å². The highest BCUT2D eigenvalue weighted by atomic mass is 35.5. The number of carbonyl (C=O) groups is 1. The van der Waals surface area contributed by atoms with Crippen LogP contribution in [0.1, 0.15) is 21.5 Å². The first-order valence-corrected chi connectivity index (χ1v) is 6.80. The number of rotatable bonds is 5. The molecule has 0 atom stereocenters. The van der Waals surface area contributed by atoms with Crippen LogP contribution in [0.4, 0.5) is 4.39 Å². The minimum atomic E-state index is -0.434. The summed E-state index contributed by atoms with van der Waals surface area (Å²) >= 11 is 5.73. The molecule has 0 aliphatic heterocycles. The molecule has 2 aromatic rings. The van der Waals surface area contributed by atoms with Gasteiger partial charge in [0, 0.05) is 13.1 Å². The summed E-state index contributed by atoms with van der Waals surface area (Å²) in [6, 6.07) is 11.8. The number of esters is 1. The highest BCUT2D eigenvalue weighted by Crippen LogP contribution is 2.16. The standard InChI is InChI=1S/C16H15ClFNO2/c1-21-16(20)13-5-3-2-4-12(13)10-19-9-11-6-7-15(18)14(17)8-11/h2-8,19H,9-10H2,1H3. The van der Waals surface area contributed by atoms with Crippen molar-refractivity contribution < 1.29 is 13.9 Å². The second-order valence-electron chi connectivity index (χ2n) is 4.50. The van der Waals surface area contributed by atoms with E-state index in [1.807, 2.05) is 12.1 Å². The zero-order chi connectivity index (χ0) is 15.2. The molecular weight excluding hydrogens is 293 g/mol. The van der Waals surface area contributed by atoms with Gasteiger partial charge in [0.1, 0.15) is 5.82 Å². The van der Waals surface area contributed by atoms with Crippen LogP contribution in [0, 0.1) is 5.82 Å². The van der Waals surface area contributed by atoms with E-state index in [1.54, 1.807) is 24.3 Å². The molecule has 110 valence electrons. The molecule has 0 bridgehead atoms. The van der Waals surface area contributed by atoms with Crippen LogP contribution in [0.2, 0.25) is 5.02 Å². The van der Waals surface area contributed by atoms with Crippen LogP contribution < -0.4 is 5.32 Å². The van der Waals surface area contributed by atoms with Gasteiger partial charge in [0.25, 0.3) is 0 Å². The average Bonchev–Trinajstić information content (AvgIpc) is 2.50. The summed E-state index contributed by atoms with van der Waals surface area (Å²) < 4.78 is 17.8. The Labute approximate surface area is 127 Å². The van der Waals surface area contributed by atoms with Crippen LogP contribution in [-0.4, -0.2) is 13.1 Å². The van der Waals surface area contributed by atoms with Crippen LogP contribution in [-0.2, 0) is 17.8 Å². The molecule has 0 spiro atoms. The lowest BCUT2D eigenvalue weighted by Crippen LogP contribution is -2.16. The Morgan fingerprint density at radius 2 is 2.00 bits per heavy atom. The van der Waals surface area contributed by atoms with Gasteiger partial charge in [-0.15, -0.1) is 0 Å². The first-order valence-electron chi connectivity index (χ1n) is 6.42. The molecule has 0 aromatic heterocycles. The highest BCUT2D eigenvalue weighted by molar-refractivity contribution is 6.30. The van der Waals surface area contributed by atoms with Crippen LogP contribution in [0.25, 0.3) is 0 Å². The minimum absolute atomic E-state index is 0.101. The largest absolute Gasteiger partial charge is 0.465 e. The zero-order valence-electron chi connectivity index (χ0n) is 11.5. The van der Waals surface area contributed by atoms with Crippen molar-refractivity contribution >= 4 is 17.6 Å². The molecule has 0 aliphatic rings. The van der Waals surface area contributed by atoms with Gasteiger partial charge in [-0.1, -0.05) is 35.9 Å². The number of ether oxygens (including phenoxy) is 1. The van der Waals surface area contributed by atoms with E-state index in [4.69, 9.17) is 16.3 Å². The van der Waals surface area contributed by atoms with Gasteiger partial charge in [-0.25, -0.2) is 9.18 Å². The third-order valence-corrected chi connectivity index (χ3v) is 3.34. The summed E-state index contributed by atoms with van der Waals surface area (Å²) in [5, 5.41) is 3.30. The van der Waals surface area contributed by atoms with E-state index < -0.39 is 5.82 Å². The summed E-state index contributed by atoms with van der Waals surface area (Å²) in [6.45, 7) is 1.02. The average molecular weight is 308 g/mol. The van der Waals surface area contributed by atoms with Crippen molar-refractivity contribution in [1.29, 1.82) is 0 Å². The molecule has 0 radical (unpaired) electrons. The molecule has 0 saturated heterocycles. The summed E-state index contributed by atoms with van der Waals surface area (Å²) in [5.74, 6) is -0.798. The second kappa shape index (κ2) is 7.20. The van der Waals surface area contributed by atoms with Crippen molar-refractivity contribution in [3.8, 4) is 0 Å². The molecule has 5 heteroatoms. The summed E-state index contributed by atoms with van der Waals surface area (Å²) in [5.41, 5.74) is 2.25. The van der Waals surface area contributed by atoms with E-state index in [0.717, 1.165) is 11.1 Å². The number of hydrogen-bond donors (Lipinski definition) is 1. The van der Waals surface area contributed by atoms with Gasteiger partial charge in [0.15, 0.2) is 0 Å². The Kier molecular flexibility index (Phi) is 5.31. The van der Waals surface area contributed by atoms with Crippen LogP contribution >= 0.6 is 11.6 Å². The number of carbonyl (C=O) groups excluding carboxylic acids is 1. The molecular formula is C16H15ClFNO2. The maximum absolute atomic E-state index is 13.1. The molecule has 21 heavy (non-hydrogen) atoms. The van der Waals surface area contributed by atoms with E-state index in [1.165, 1.54) is 13.2 Å². The number of benzene rings is 2. The fourth-order valence-corrected chi connectivity index (χ4v) is 2.18. The topological polar surface area (TPSA) is 38.3 Å². The molecule has 0 fully saturated rings. The molecule has 0 heterocycles. The molecule has 0 amide bonds. The van der Waals surface area contributed by atoms with Crippen molar-refractivity contribution in [2.75, 3.05) is 7.11 Å². The van der Waals surface area contributed by atoms with Gasteiger partial charge in [0.05, 0.1) is 17.7 Å². The monoisotopic (exact) mass is 307 g/mol. The Morgan fingerprint density at radius 1 is 1.24 bits per heavy atom. The third-order valence-electron chi connectivity index (χ3n) is 3.05. The van der Waals surface area contributed by atoms with E-state index in [-0.39, 0.29) is 11.0 Å². The maximum atomic E-state index is 13.1. The maximum Gasteiger partial charge on any atom is 0.338 e. The number of nitrogens with one attached hydrogen (secondary N) is 1. The van der Waals surface area contributed by atoms with Crippen LogP contribution in [0.5, 0.6) is 0 Å². The first kappa shape index (κ1) is 15.5. The Balaban J connectivity index is 2.00. The SMILES string of the molecule is COC(=O)c1ccccc1CNCc1ccc(F)c(Cl)c1. The zero-order valence-corrected chi connectivity index (χ0v) is 12.3. The number of methoxy groups -OCH3 is 1. The molecule has 2 rings (SSSR count). The molecule has 1 N–H and O–H groups in total. The lowest BCUT2D eigenvalue weighted by atomic mass is 10.1. The Hall–Kier alpha value is -1.91. The smallest absolute Gasteiger partial charge is 0.338 e. The summed E-state index contributed by atoms with van der Waals surface area (Å²) in [7, 11) is 1.35. The van der Waals surface area contributed by atoms with Crippen LogP contribution in [0.15, 0.2) is 42.5 Å². The summed E-state index contributed by atoms with van der Waals surface area (Å²) in [6.07, 6.45) is 0. The normalized spacial score (nSPS) is 10.4. The second-order valence-corrected chi connectivity index (χ2v) is 4.91. The molecule has 2 aromatic carbocycles. The Morgan fingerprint density at radius 3 is 2.71 bits per heavy atom. The predicted molar refractivity (Wildman–Crippen MR) is 79.7 cm³/mol. The Bertz CT molecular complexity index is 646. The van der Waals surface area contributed by atoms with Crippen molar-refractivity contribution in [3.63, 3.8) is 0 Å². The van der Waals surface area contributed by atoms with Gasteiger partial charge in [-0.05, 0) is 29.3 Å². The van der Waals surface area contributed by atoms with Crippen molar-refractivity contribution in [3.05, 3.63) is 70.0 Å². The predicted octanol–water partition coefficient (Wildman–Crippen LogP) is 3.56. The van der Waals surface area contributed by atoms with Gasteiger partial charge >= 0.3 is 5.97 Å². The quantitative estimate of drug-likeness (QED) is 0.858. The first-order chi connectivity index (χ1) is 10.1. The molecule has 0 aliphatic carbocycles. The lowest BCUT2D eigenvalue weighted by Gasteiger charge is -2.09. The van der Waals surface area contributed by atoms with E-state index in [2.05, 4.69) is 5.32 Å². The van der Waals surface area contributed by atoms with Gasteiger partial charge in [0.2, 0.25) is 0 Å².